The number of rotatable bonds is 6. The van der Waals surface area contributed by atoms with Crippen LogP contribution in [0.3, 0.4) is 0 Å². The fraction of sp³-hybridized carbons (Fsp3) is 0.533. The minimum Gasteiger partial charge on any atom is -0.392 e. The Morgan fingerprint density at radius 3 is 2.79 bits per heavy atom. The lowest BCUT2D eigenvalue weighted by Gasteiger charge is -2.18. The van der Waals surface area contributed by atoms with Gasteiger partial charge in [0.05, 0.1) is 23.7 Å². The molecular weight excluding hydrogens is 240 g/mol. The Hall–Kier alpha value is -1.39. The van der Waals surface area contributed by atoms with Crippen LogP contribution in [0.15, 0.2) is 24.3 Å². The summed E-state index contributed by atoms with van der Waals surface area (Å²) in [4.78, 5) is 4.63. The Labute approximate surface area is 114 Å². The first-order chi connectivity index (χ1) is 9.17. The van der Waals surface area contributed by atoms with Crippen molar-refractivity contribution in [1.82, 2.24) is 9.55 Å². The quantitative estimate of drug-likeness (QED) is 0.868. The van der Waals surface area contributed by atoms with Gasteiger partial charge in [-0.15, -0.1) is 0 Å². The second kappa shape index (κ2) is 6.17. The molecule has 0 radical (unpaired) electrons. The van der Waals surface area contributed by atoms with Gasteiger partial charge in [-0.1, -0.05) is 19.1 Å². The van der Waals surface area contributed by atoms with Crippen LogP contribution in [0.25, 0.3) is 11.0 Å². The normalized spacial score (nSPS) is 14.7. The van der Waals surface area contributed by atoms with Gasteiger partial charge in [0.15, 0.2) is 0 Å². The molecule has 0 fully saturated rings. The molecule has 0 aliphatic rings. The number of aliphatic hydroxyl groups excluding tert-OH is 1. The molecule has 1 N–H and O–H groups in total. The summed E-state index contributed by atoms with van der Waals surface area (Å²) in [5.41, 5.74) is 2.12. The maximum absolute atomic E-state index is 10.2. The molecule has 0 spiro atoms. The highest BCUT2D eigenvalue weighted by molar-refractivity contribution is 5.75. The van der Waals surface area contributed by atoms with Crippen molar-refractivity contribution < 1.29 is 9.84 Å². The summed E-state index contributed by atoms with van der Waals surface area (Å²) in [5, 5.41) is 10.2. The summed E-state index contributed by atoms with van der Waals surface area (Å²) < 4.78 is 7.26. The Morgan fingerprint density at radius 2 is 2.11 bits per heavy atom. The molecule has 104 valence electrons. The van der Waals surface area contributed by atoms with Crippen LogP contribution in [0.2, 0.25) is 0 Å². The molecule has 1 aromatic carbocycles. The summed E-state index contributed by atoms with van der Waals surface area (Å²) in [5.74, 6) is 1.05. The third kappa shape index (κ3) is 2.96. The second-order valence-electron chi connectivity index (χ2n) is 4.97. The molecule has 2 unspecified atom stereocenters. The van der Waals surface area contributed by atoms with Crippen LogP contribution in [0.1, 0.15) is 19.7 Å². The van der Waals surface area contributed by atoms with Crippen molar-refractivity contribution >= 4 is 11.0 Å². The molecule has 0 amide bonds. The summed E-state index contributed by atoms with van der Waals surface area (Å²) >= 11 is 0. The summed E-state index contributed by atoms with van der Waals surface area (Å²) in [6.07, 6.45) is 0.134. The van der Waals surface area contributed by atoms with Gasteiger partial charge < -0.3 is 14.4 Å². The maximum Gasteiger partial charge on any atom is 0.112 e. The largest absolute Gasteiger partial charge is 0.392 e. The number of aliphatic hydroxyl groups is 1. The predicted octanol–water partition coefficient (Wildman–Crippen LogP) is 2.24. The van der Waals surface area contributed by atoms with Crippen molar-refractivity contribution in [1.29, 1.82) is 0 Å². The van der Waals surface area contributed by atoms with Crippen LogP contribution in [0.4, 0.5) is 0 Å². The SMILES string of the molecule is CCn1c(CC(O)C(C)COC)nc2ccccc21. The minimum absolute atomic E-state index is 0.107. The van der Waals surface area contributed by atoms with Gasteiger partial charge in [0.1, 0.15) is 5.82 Å². The van der Waals surface area contributed by atoms with Crippen LogP contribution in [-0.4, -0.2) is 34.5 Å². The first-order valence-corrected chi connectivity index (χ1v) is 6.78. The molecule has 2 aromatic rings. The third-order valence-electron chi connectivity index (χ3n) is 3.53. The van der Waals surface area contributed by atoms with E-state index in [9.17, 15) is 5.11 Å². The Kier molecular flexibility index (Phi) is 4.56. The van der Waals surface area contributed by atoms with Gasteiger partial charge >= 0.3 is 0 Å². The molecule has 0 aliphatic carbocycles. The topological polar surface area (TPSA) is 47.3 Å². The number of hydrogen-bond donors (Lipinski definition) is 1. The monoisotopic (exact) mass is 262 g/mol. The molecule has 4 nitrogen and oxygen atoms in total. The maximum atomic E-state index is 10.2. The lowest BCUT2D eigenvalue weighted by molar-refractivity contribution is 0.0559. The van der Waals surface area contributed by atoms with Gasteiger partial charge in [-0.2, -0.15) is 0 Å². The van der Waals surface area contributed by atoms with E-state index < -0.39 is 6.10 Å². The highest BCUT2D eigenvalue weighted by Gasteiger charge is 2.18. The molecule has 2 rings (SSSR count). The van der Waals surface area contributed by atoms with E-state index in [1.165, 1.54) is 0 Å². The number of benzene rings is 1. The first kappa shape index (κ1) is 14.0. The van der Waals surface area contributed by atoms with Crippen molar-refractivity contribution in [2.75, 3.05) is 13.7 Å². The zero-order valence-electron chi connectivity index (χ0n) is 11.8. The Morgan fingerprint density at radius 1 is 1.37 bits per heavy atom. The number of imidazole rings is 1. The number of methoxy groups -OCH3 is 1. The average Bonchev–Trinajstić information content (AvgIpc) is 2.75. The van der Waals surface area contributed by atoms with Crippen molar-refractivity contribution in [2.45, 2.75) is 32.9 Å². The molecule has 1 aromatic heterocycles. The molecule has 0 saturated heterocycles. The molecule has 1 heterocycles. The van der Waals surface area contributed by atoms with E-state index in [1.54, 1.807) is 7.11 Å². The number of hydrogen-bond acceptors (Lipinski definition) is 3. The van der Waals surface area contributed by atoms with E-state index in [4.69, 9.17) is 4.74 Å². The zero-order chi connectivity index (χ0) is 13.8. The standard InChI is InChI=1S/C15H22N2O2/c1-4-17-13-8-6-5-7-12(13)16-15(17)9-14(18)11(2)10-19-3/h5-8,11,14,18H,4,9-10H2,1-3H3. The van der Waals surface area contributed by atoms with Gasteiger partial charge in [-0.25, -0.2) is 4.98 Å². The number of nitrogens with zero attached hydrogens (tertiary/aromatic N) is 2. The van der Waals surface area contributed by atoms with E-state index in [0.29, 0.717) is 13.0 Å². The van der Waals surface area contributed by atoms with Crippen LogP contribution in [0.5, 0.6) is 0 Å². The van der Waals surface area contributed by atoms with Crippen molar-refractivity contribution in [3.05, 3.63) is 30.1 Å². The lowest BCUT2D eigenvalue weighted by Crippen LogP contribution is -2.25. The van der Waals surface area contributed by atoms with Gasteiger partial charge in [-0.05, 0) is 19.1 Å². The van der Waals surface area contributed by atoms with Gasteiger partial charge in [0.2, 0.25) is 0 Å². The fourth-order valence-corrected chi connectivity index (χ4v) is 2.40. The minimum atomic E-state index is -0.429. The van der Waals surface area contributed by atoms with E-state index >= 15 is 0 Å². The lowest BCUT2D eigenvalue weighted by atomic mass is 10.0. The number of fused-ring (bicyclic) bond motifs is 1. The number of aryl methyl sites for hydroxylation is 1. The number of ether oxygens (including phenoxy) is 1. The van der Waals surface area contributed by atoms with Crippen molar-refractivity contribution in [3.8, 4) is 0 Å². The van der Waals surface area contributed by atoms with Crippen molar-refractivity contribution in [3.63, 3.8) is 0 Å². The molecular formula is C15H22N2O2. The smallest absolute Gasteiger partial charge is 0.112 e. The van der Waals surface area contributed by atoms with Crippen LogP contribution < -0.4 is 0 Å². The second-order valence-corrected chi connectivity index (χ2v) is 4.97. The molecule has 0 bridgehead atoms. The highest BCUT2D eigenvalue weighted by Crippen LogP contribution is 2.18. The van der Waals surface area contributed by atoms with Crippen LogP contribution in [0, 0.1) is 5.92 Å². The fourth-order valence-electron chi connectivity index (χ4n) is 2.40. The predicted molar refractivity (Wildman–Crippen MR) is 76.2 cm³/mol. The van der Waals surface area contributed by atoms with Crippen LogP contribution >= 0.6 is 0 Å². The van der Waals surface area contributed by atoms with Gasteiger partial charge in [0, 0.05) is 26.0 Å². The van der Waals surface area contributed by atoms with E-state index in [0.717, 1.165) is 23.4 Å². The van der Waals surface area contributed by atoms with Crippen molar-refractivity contribution in [2.24, 2.45) is 5.92 Å². The average molecular weight is 262 g/mol. The molecule has 0 aliphatic heterocycles. The molecule has 2 atom stereocenters. The van der Waals surface area contributed by atoms with Gasteiger partial charge in [-0.3, -0.25) is 0 Å². The summed E-state index contributed by atoms with van der Waals surface area (Å²) in [7, 11) is 1.66. The molecule has 0 saturated carbocycles. The van der Waals surface area contributed by atoms with E-state index in [2.05, 4.69) is 22.5 Å². The number of para-hydroxylation sites is 2. The Bertz CT molecular complexity index is 536. The first-order valence-electron chi connectivity index (χ1n) is 6.78. The van der Waals surface area contributed by atoms with E-state index in [-0.39, 0.29) is 5.92 Å². The molecule has 19 heavy (non-hydrogen) atoms. The summed E-state index contributed by atoms with van der Waals surface area (Å²) in [6, 6.07) is 8.09. The summed E-state index contributed by atoms with van der Waals surface area (Å²) in [6.45, 7) is 5.52. The Balaban J connectivity index is 2.24. The number of aromatic nitrogens is 2. The zero-order valence-corrected chi connectivity index (χ0v) is 11.8. The highest BCUT2D eigenvalue weighted by atomic mass is 16.5. The third-order valence-corrected chi connectivity index (χ3v) is 3.53. The molecule has 4 heteroatoms. The van der Waals surface area contributed by atoms with E-state index in [1.807, 2.05) is 25.1 Å². The van der Waals surface area contributed by atoms with Gasteiger partial charge in [0.25, 0.3) is 0 Å². The van der Waals surface area contributed by atoms with Crippen LogP contribution in [-0.2, 0) is 17.7 Å².